The van der Waals surface area contributed by atoms with Crippen molar-refractivity contribution in [3.8, 4) is 0 Å². The summed E-state index contributed by atoms with van der Waals surface area (Å²) in [6, 6.07) is 0.294. The molecule has 1 fully saturated rings. The number of rotatable bonds is 3. The Balaban J connectivity index is 1.59. The largest absolute Gasteiger partial charge is 0.371 e. The van der Waals surface area contributed by atoms with E-state index >= 15 is 0 Å². The highest BCUT2D eigenvalue weighted by Crippen LogP contribution is 2.31. The highest BCUT2D eigenvalue weighted by molar-refractivity contribution is 6.22. The number of fused-ring (bicyclic) bond motifs is 1. The molecular weight excluding hydrogens is 329 g/mol. The van der Waals surface area contributed by atoms with Gasteiger partial charge in [-0.1, -0.05) is 25.3 Å². The van der Waals surface area contributed by atoms with Crippen molar-refractivity contribution in [1.29, 1.82) is 0 Å². The standard InChI is InChI=1S/C17H21ClFN5/c18-10-6-12-13(8-21-15(12)20-7-10)16-22-9-14(19)17(24-16)23-11-4-2-1-3-5-11/h6,8-11,15,20-21H,1-5,7H2,(H,22,23,24). The van der Waals surface area contributed by atoms with E-state index in [1.807, 2.05) is 12.3 Å². The van der Waals surface area contributed by atoms with E-state index in [4.69, 9.17) is 11.6 Å². The summed E-state index contributed by atoms with van der Waals surface area (Å²) in [6.45, 7) is 0.711. The quantitative estimate of drug-likeness (QED) is 0.732. The van der Waals surface area contributed by atoms with Crippen LogP contribution < -0.4 is 16.0 Å². The molecule has 1 saturated carbocycles. The zero-order valence-electron chi connectivity index (χ0n) is 13.4. The molecule has 2 atom stereocenters. The third kappa shape index (κ3) is 3.13. The monoisotopic (exact) mass is 349 g/mol. The Morgan fingerprint density at radius 1 is 1.25 bits per heavy atom. The summed E-state index contributed by atoms with van der Waals surface area (Å²) in [4.78, 5) is 8.63. The molecular formula is C17H21ClFN5. The topological polar surface area (TPSA) is 61.9 Å². The summed E-state index contributed by atoms with van der Waals surface area (Å²) >= 11 is 6.21. The van der Waals surface area contributed by atoms with Crippen molar-refractivity contribution >= 4 is 23.0 Å². The van der Waals surface area contributed by atoms with Gasteiger partial charge in [-0.05, 0) is 18.4 Å². The molecule has 3 N–H and O–H groups in total. The lowest BCUT2D eigenvalue weighted by Crippen LogP contribution is -2.44. The average molecular weight is 350 g/mol. The number of hydrogen-bond donors (Lipinski definition) is 3. The van der Waals surface area contributed by atoms with Crippen LogP contribution in [0, 0.1) is 5.82 Å². The molecule has 24 heavy (non-hydrogen) atoms. The number of hydrogen-bond acceptors (Lipinski definition) is 5. The predicted octanol–water partition coefficient (Wildman–Crippen LogP) is 2.77. The maximum atomic E-state index is 14.1. The van der Waals surface area contributed by atoms with Crippen molar-refractivity contribution in [2.75, 3.05) is 11.9 Å². The zero-order chi connectivity index (χ0) is 16.5. The third-order valence-electron chi connectivity index (χ3n) is 4.82. The van der Waals surface area contributed by atoms with E-state index in [1.165, 1.54) is 25.5 Å². The van der Waals surface area contributed by atoms with Crippen molar-refractivity contribution in [1.82, 2.24) is 20.6 Å². The Morgan fingerprint density at radius 2 is 2.08 bits per heavy atom. The number of nitrogens with zero attached hydrogens (tertiary/aromatic N) is 2. The third-order valence-corrected chi connectivity index (χ3v) is 5.11. The van der Waals surface area contributed by atoms with Crippen LogP contribution in [0.3, 0.4) is 0 Å². The Kier molecular flexibility index (Phi) is 4.41. The van der Waals surface area contributed by atoms with Gasteiger partial charge in [0.1, 0.15) is 6.17 Å². The normalized spacial score (nSPS) is 27.1. The summed E-state index contributed by atoms with van der Waals surface area (Å²) in [7, 11) is 0. The lowest BCUT2D eigenvalue weighted by atomic mass is 9.95. The molecule has 128 valence electrons. The van der Waals surface area contributed by atoms with E-state index in [-0.39, 0.29) is 11.5 Å². The highest BCUT2D eigenvalue weighted by Gasteiger charge is 2.30. The first-order chi connectivity index (χ1) is 11.7. The van der Waals surface area contributed by atoms with Crippen LogP contribution in [-0.4, -0.2) is 34.1 Å². The van der Waals surface area contributed by atoms with Crippen molar-refractivity contribution < 1.29 is 4.39 Å². The minimum absolute atomic E-state index is 0.0263. The maximum absolute atomic E-state index is 14.1. The van der Waals surface area contributed by atoms with E-state index < -0.39 is 5.82 Å². The minimum atomic E-state index is -0.404. The second-order valence-electron chi connectivity index (χ2n) is 6.57. The van der Waals surface area contributed by atoms with Gasteiger partial charge >= 0.3 is 0 Å². The minimum Gasteiger partial charge on any atom is -0.371 e. The molecule has 3 heterocycles. The fourth-order valence-corrected chi connectivity index (χ4v) is 3.79. The van der Waals surface area contributed by atoms with E-state index in [1.54, 1.807) is 0 Å². The molecule has 4 rings (SSSR count). The molecule has 0 radical (unpaired) electrons. The molecule has 0 saturated heterocycles. The van der Waals surface area contributed by atoms with Gasteiger partial charge < -0.3 is 10.6 Å². The van der Waals surface area contributed by atoms with Crippen molar-refractivity contribution in [3.63, 3.8) is 0 Å². The van der Waals surface area contributed by atoms with Crippen LogP contribution in [0.2, 0.25) is 0 Å². The molecule has 3 aliphatic rings. The first-order valence-corrected chi connectivity index (χ1v) is 8.99. The summed E-state index contributed by atoms with van der Waals surface area (Å²) in [5, 5.41) is 9.75. The number of alkyl halides is 1. The molecule has 1 aromatic rings. The van der Waals surface area contributed by atoms with Gasteiger partial charge in [0, 0.05) is 24.4 Å². The maximum Gasteiger partial charge on any atom is 0.183 e. The Morgan fingerprint density at radius 3 is 2.92 bits per heavy atom. The van der Waals surface area contributed by atoms with Gasteiger partial charge in [0.05, 0.1) is 11.6 Å². The second kappa shape index (κ2) is 6.69. The first-order valence-electron chi connectivity index (χ1n) is 8.56. The molecule has 2 aliphatic heterocycles. The Labute approximate surface area is 145 Å². The van der Waals surface area contributed by atoms with Gasteiger partial charge in [-0.25, -0.2) is 14.4 Å². The van der Waals surface area contributed by atoms with Crippen molar-refractivity contribution in [3.05, 3.63) is 35.7 Å². The molecule has 5 nitrogen and oxygen atoms in total. The fraction of sp³-hybridized carbons (Fsp3) is 0.529. The lowest BCUT2D eigenvalue weighted by Gasteiger charge is -2.24. The van der Waals surface area contributed by atoms with Gasteiger partial charge in [0.2, 0.25) is 0 Å². The molecule has 2 unspecified atom stereocenters. The van der Waals surface area contributed by atoms with E-state index in [2.05, 4.69) is 25.9 Å². The van der Waals surface area contributed by atoms with Gasteiger partial charge in [0.25, 0.3) is 0 Å². The van der Waals surface area contributed by atoms with Crippen molar-refractivity contribution in [2.24, 2.45) is 0 Å². The molecule has 7 heteroatoms. The SMILES string of the molecule is Fc1cnc(C2=CNC3NCC(Cl)C=C23)nc1NC1CCCCC1. The summed E-state index contributed by atoms with van der Waals surface area (Å²) in [6.07, 6.45) is 10.9. The molecule has 0 amide bonds. The van der Waals surface area contributed by atoms with Crippen LogP contribution in [0.1, 0.15) is 37.9 Å². The van der Waals surface area contributed by atoms with Crippen LogP contribution in [0.5, 0.6) is 0 Å². The molecule has 0 bridgehead atoms. The molecule has 0 aromatic carbocycles. The smallest absolute Gasteiger partial charge is 0.183 e. The number of nitrogens with one attached hydrogen (secondary N) is 3. The lowest BCUT2D eigenvalue weighted by molar-refractivity contribution is 0.459. The summed E-state index contributed by atoms with van der Waals surface area (Å²) in [5.74, 6) is 0.407. The van der Waals surface area contributed by atoms with Crippen molar-refractivity contribution in [2.45, 2.75) is 49.7 Å². The van der Waals surface area contributed by atoms with Gasteiger partial charge in [-0.3, -0.25) is 5.32 Å². The molecule has 0 spiro atoms. The molecule has 1 aliphatic carbocycles. The Bertz CT molecular complexity index is 684. The number of anilines is 1. The Hall–Kier alpha value is -1.66. The highest BCUT2D eigenvalue weighted by atomic mass is 35.5. The fourth-order valence-electron chi connectivity index (χ4n) is 3.57. The number of halogens is 2. The second-order valence-corrected chi connectivity index (χ2v) is 7.13. The van der Waals surface area contributed by atoms with Crippen LogP contribution in [0.25, 0.3) is 5.57 Å². The van der Waals surface area contributed by atoms with Gasteiger partial charge in [-0.15, -0.1) is 11.6 Å². The van der Waals surface area contributed by atoms with E-state index in [9.17, 15) is 4.39 Å². The van der Waals surface area contributed by atoms with E-state index in [0.717, 1.165) is 24.0 Å². The summed E-state index contributed by atoms with van der Waals surface area (Å²) in [5.41, 5.74) is 1.89. The van der Waals surface area contributed by atoms with E-state index in [0.29, 0.717) is 24.2 Å². The van der Waals surface area contributed by atoms with Crippen LogP contribution >= 0.6 is 11.6 Å². The number of aromatic nitrogens is 2. The van der Waals surface area contributed by atoms with Crippen LogP contribution in [-0.2, 0) is 0 Å². The zero-order valence-corrected chi connectivity index (χ0v) is 14.1. The molecule has 1 aromatic heterocycles. The van der Waals surface area contributed by atoms with Crippen LogP contribution in [0.4, 0.5) is 10.2 Å². The first kappa shape index (κ1) is 15.8. The average Bonchev–Trinajstić information content (AvgIpc) is 3.01. The van der Waals surface area contributed by atoms with Gasteiger partial charge in [-0.2, -0.15) is 0 Å². The predicted molar refractivity (Wildman–Crippen MR) is 93.1 cm³/mol. The van der Waals surface area contributed by atoms with Gasteiger partial charge in [0.15, 0.2) is 17.5 Å². The summed E-state index contributed by atoms with van der Waals surface area (Å²) < 4.78 is 14.1. The van der Waals surface area contributed by atoms with Crippen LogP contribution in [0.15, 0.2) is 24.0 Å².